The van der Waals surface area contributed by atoms with E-state index in [-0.39, 0.29) is 0 Å². The highest BCUT2D eigenvalue weighted by Crippen LogP contribution is 2.00. The summed E-state index contributed by atoms with van der Waals surface area (Å²) in [6, 6.07) is 0. The highest BCUT2D eigenvalue weighted by Gasteiger charge is 2.06. The molecule has 0 N–H and O–H groups in total. The van der Waals surface area contributed by atoms with Crippen molar-refractivity contribution in [2.45, 2.75) is 13.3 Å². The van der Waals surface area contributed by atoms with Crippen molar-refractivity contribution in [2.24, 2.45) is 0 Å². The van der Waals surface area contributed by atoms with Gasteiger partial charge in [0.25, 0.3) is 0 Å². The summed E-state index contributed by atoms with van der Waals surface area (Å²) in [5.41, 5.74) is 0. The first-order chi connectivity index (χ1) is 4.83. The van der Waals surface area contributed by atoms with E-state index in [2.05, 4.69) is 36.0 Å². The molecule has 0 radical (unpaired) electrons. The normalized spacial score (nSPS) is 20.0. The lowest BCUT2D eigenvalue weighted by Gasteiger charge is -2.29. The fourth-order valence-corrected chi connectivity index (χ4v) is 1.27. The Morgan fingerprint density at radius 2 is 2.30 bits per heavy atom. The molecular formula is C8H16N2. The van der Waals surface area contributed by atoms with Crippen molar-refractivity contribution in [3.05, 3.63) is 12.3 Å². The first kappa shape index (κ1) is 7.61. The molecule has 0 saturated heterocycles. The van der Waals surface area contributed by atoms with Crippen molar-refractivity contribution in [3.8, 4) is 0 Å². The van der Waals surface area contributed by atoms with Crippen LogP contribution in [0.1, 0.15) is 13.3 Å². The molecule has 1 aliphatic rings. The van der Waals surface area contributed by atoms with Crippen LogP contribution in [-0.4, -0.2) is 36.6 Å². The summed E-state index contributed by atoms with van der Waals surface area (Å²) < 4.78 is 0. The molecule has 58 valence electrons. The SMILES string of the molecule is CCCN1CC=CN(C)C1. The van der Waals surface area contributed by atoms with Gasteiger partial charge in [0, 0.05) is 13.6 Å². The molecule has 2 nitrogen and oxygen atoms in total. The molecule has 0 aromatic heterocycles. The maximum Gasteiger partial charge on any atom is 0.0700 e. The number of hydrogen-bond acceptors (Lipinski definition) is 2. The molecule has 0 saturated carbocycles. The summed E-state index contributed by atoms with van der Waals surface area (Å²) in [4.78, 5) is 4.64. The van der Waals surface area contributed by atoms with E-state index < -0.39 is 0 Å². The van der Waals surface area contributed by atoms with Crippen LogP contribution >= 0.6 is 0 Å². The standard InChI is InChI=1S/C8H16N2/c1-3-5-10-7-4-6-9(2)8-10/h4,6H,3,5,7-8H2,1-2H3. The molecule has 0 spiro atoms. The van der Waals surface area contributed by atoms with Crippen molar-refractivity contribution in [2.75, 3.05) is 26.8 Å². The Kier molecular flexibility index (Phi) is 2.75. The Morgan fingerprint density at radius 3 is 2.90 bits per heavy atom. The van der Waals surface area contributed by atoms with Crippen molar-refractivity contribution in [1.29, 1.82) is 0 Å². The van der Waals surface area contributed by atoms with Crippen LogP contribution in [0.15, 0.2) is 12.3 Å². The predicted octanol–water partition coefficient (Wildman–Crippen LogP) is 1.11. The molecule has 0 bridgehead atoms. The Hall–Kier alpha value is -0.500. The smallest absolute Gasteiger partial charge is 0.0700 e. The van der Waals surface area contributed by atoms with Crippen LogP contribution in [-0.2, 0) is 0 Å². The number of nitrogens with zero attached hydrogens (tertiary/aromatic N) is 2. The van der Waals surface area contributed by atoms with Gasteiger partial charge in [-0.1, -0.05) is 13.0 Å². The maximum absolute atomic E-state index is 2.43. The zero-order valence-electron chi connectivity index (χ0n) is 6.88. The van der Waals surface area contributed by atoms with Crippen LogP contribution in [0.5, 0.6) is 0 Å². The molecule has 1 heterocycles. The van der Waals surface area contributed by atoms with Crippen LogP contribution < -0.4 is 0 Å². The zero-order chi connectivity index (χ0) is 7.40. The number of rotatable bonds is 2. The van der Waals surface area contributed by atoms with Gasteiger partial charge >= 0.3 is 0 Å². The maximum atomic E-state index is 2.43. The largest absolute Gasteiger partial charge is 0.368 e. The summed E-state index contributed by atoms with van der Waals surface area (Å²) in [7, 11) is 2.11. The third kappa shape index (κ3) is 2.03. The third-order valence-corrected chi connectivity index (χ3v) is 1.69. The van der Waals surface area contributed by atoms with Gasteiger partial charge in [-0.05, 0) is 19.2 Å². The first-order valence-corrected chi connectivity index (χ1v) is 3.92. The molecule has 10 heavy (non-hydrogen) atoms. The fraction of sp³-hybridized carbons (Fsp3) is 0.750. The molecule has 0 unspecified atom stereocenters. The van der Waals surface area contributed by atoms with Crippen LogP contribution in [0.2, 0.25) is 0 Å². The minimum Gasteiger partial charge on any atom is -0.368 e. The monoisotopic (exact) mass is 140 g/mol. The Bertz CT molecular complexity index is 120. The quantitative estimate of drug-likeness (QED) is 0.567. The second-order valence-corrected chi connectivity index (χ2v) is 2.86. The van der Waals surface area contributed by atoms with Gasteiger partial charge in [0.05, 0.1) is 6.67 Å². The molecule has 1 rings (SSSR count). The van der Waals surface area contributed by atoms with Gasteiger partial charge in [-0.3, -0.25) is 4.90 Å². The summed E-state index contributed by atoms with van der Waals surface area (Å²) in [5.74, 6) is 0. The minimum absolute atomic E-state index is 1.09. The van der Waals surface area contributed by atoms with Crippen molar-refractivity contribution >= 4 is 0 Å². The second-order valence-electron chi connectivity index (χ2n) is 2.86. The summed E-state index contributed by atoms with van der Waals surface area (Å²) in [6.45, 7) is 5.65. The van der Waals surface area contributed by atoms with Crippen molar-refractivity contribution < 1.29 is 0 Å². The molecule has 0 aliphatic carbocycles. The van der Waals surface area contributed by atoms with E-state index in [1.54, 1.807) is 0 Å². The Balaban J connectivity index is 2.29. The lowest BCUT2D eigenvalue weighted by molar-refractivity contribution is 0.192. The van der Waals surface area contributed by atoms with Gasteiger partial charge in [0.15, 0.2) is 0 Å². The highest BCUT2D eigenvalue weighted by atomic mass is 15.3. The fourth-order valence-electron chi connectivity index (χ4n) is 1.27. The van der Waals surface area contributed by atoms with Crippen molar-refractivity contribution in [3.63, 3.8) is 0 Å². The lowest BCUT2D eigenvalue weighted by Crippen LogP contribution is -2.36. The lowest BCUT2D eigenvalue weighted by atomic mass is 10.4. The van der Waals surface area contributed by atoms with Crippen LogP contribution in [0.3, 0.4) is 0 Å². The average molecular weight is 140 g/mol. The molecule has 0 atom stereocenters. The van der Waals surface area contributed by atoms with E-state index >= 15 is 0 Å². The second kappa shape index (κ2) is 3.62. The number of hydrogen-bond donors (Lipinski definition) is 0. The molecule has 0 aromatic carbocycles. The van der Waals surface area contributed by atoms with Crippen LogP contribution in [0.25, 0.3) is 0 Å². The average Bonchev–Trinajstić information content (AvgIpc) is 1.88. The molecule has 1 aliphatic heterocycles. The van der Waals surface area contributed by atoms with Crippen LogP contribution in [0.4, 0.5) is 0 Å². The van der Waals surface area contributed by atoms with E-state index in [0.717, 1.165) is 13.2 Å². The predicted molar refractivity (Wildman–Crippen MR) is 43.6 cm³/mol. The Morgan fingerprint density at radius 1 is 1.50 bits per heavy atom. The van der Waals surface area contributed by atoms with Gasteiger partial charge in [0.1, 0.15) is 0 Å². The Labute approximate surface area is 63.1 Å². The third-order valence-electron chi connectivity index (χ3n) is 1.69. The van der Waals surface area contributed by atoms with Gasteiger partial charge in [-0.2, -0.15) is 0 Å². The minimum atomic E-state index is 1.09. The molecule has 0 aromatic rings. The topological polar surface area (TPSA) is 6.48 Å². The van der Waals surface area contributed by atoms with E-state index in [0.29, 0.717) is 0 Å². The molecular weight excluding hydrogens is 124 g/mol. The summed E-state index contributed by atoms with van der Waals surface area (Å²) in [5, 5.41) is 0. The van der Waals surface area contributed by atoms with Gasteiger partial charge in [-0.15, -0.1) is 0 Å². The van der Waals surface area contributed by atoms with E-state index in [1.807, 2.05) is 0 Å². The molecule has 0 amide bonds. The summed E-state index contributed by atoms with van der Waals surface area (Å²) >= 11 is 0. The first-order valence-electron chi connectivity index (χ1n) is 3.92. The van der Waals surface area contributed by atoms with Crippen molar-refractivity contribution in [1.82, 2.24) is 9.80 Å². The van der Waals surface area contributed by atoms with E-state index in [4.69, 9.17) is 0 Å². The van der Waals surface area contributed by atoms with Gasteiger partial charge < -0.3 is 4.90 Å². The van der Waals surface area contributed by atoms with Gasteiger partial charge in [-0.25, -0.2) is 0 Å². The zero-order valence-corrected chi connectivity index (χ0v) is 6.88. The van der Waals surface area contributed by atoms with Crippen LogP contribution in [0, 0.1) is 0 Å². The molecule has 0 fully saturated rings. The molecule has 2 heteroatoms. The van der Waals surface area contributed by atoms with Gasteiger partial charge in [0.2, 0.25) is 0 Å². The van der Waals surface area contributed by atoms with E-state index in [9.17, 15) is 0 Å². The highest BCUT2D eigenvalue weighted by molar-refractivity contribution is 4.88. The summed E-state index contributed by atoms with van der Waals surface area (Å²) in [6.07, 6.45) is 5.60. The van der Waals surface area contributed by atoms with E-state index in [1.165, 1.54) is 13.0 Å².